The highest BCUT2D eigenvalue weighted by Crippen LogP contribution is 2.29. The number of thiophene rings is 1. The average molecular weight is 479 g/mol. The van der Waals surface area contributed by atoms with Crippen molar-refractivity contribution in [2.75, 3.05) is 13.6 Å². The Balaban J connectivity index is 1.51. The summed E-state index contributed by atoms with van der Waals surface area (Å²) in [5, 5.41) is 2.77. The molecule has 34 heavy (non-hydrogen) atoms. The Labute approximate surface area is 201 Å². The number of carbonyl (C=O) groups excluding carboxylic acids is 1. The summed E-state index contributed by atoms with van der Waals surface area (Å²) in [6, 6.07) is 11.8. The minimum absolute atomic E-state index is 0.105. The van der Waals surface area contributed by atoms with Crippen LogP contribution >= 0.6 is 11.3 Å². The quantitative estimate of drug-likeness (QED) is 0.415. The molecule has 0 unspecified atom stereocenters. The molecule has 1 amide bonds. The molecule has 0 aliphatic rings. The molecule has 3 aromatic heterocycles. The first kappa shape index (κ1) is 23.8. The SMILES string of the molecule is Cc1c(CN(C)CCc2ccccn2)sc2c(=O)c(C(=O)NCc3ccc(F)cc3)cn(C)c12. The monoisotopic (exact) mass is 478 g/mol. The maximum absolute atomic E-state index is 13.2. The van der Waals surface area contributed by atoms with Gasteiger partial charge < -0.3 is 14.8 Å². The van der Waals surface area contributed by atoms with Gasteiger partial charge in [-0.25, -0.2) is 4.39 Å². The number of rotatable bonds is 8. The minimum Gasteiger partial charge on any atom is -0.349 e. The van der Waals surface area contributed by atoms with Gasteiger partial charge in [0, 0.05) is 56.1 Å². The van der Waals surface area contributed by atoms with Gasteiger partial charge in [-0.1, -0.05) is 18.2 Å². The summed E-state index contributed by atoms with van der Waals surface area (Å²) in [4.78, 5) is 33.7. The molecule has 1 N–H and O–H groups in total. The lowest BCUT2D eigenvalue weighted by Gasteiger charge is -2.16. The molecule has 0 spiro atoms. The van der Waals surface area contributed by atoms with Crippen LogP contribution in [0.3, 0.4) is 0 Å². The predicted octanol–water partition coefficient (Wildman–Crippen LogP) is 4.05. The van der Waals surface area contributed by atoms with Crippen molar-refractivity contribution in [2.45, 2.75) is 26.4 Å². The summed E-state index contributed by atoms with van der Waals surface area (Å²) in [6.45, 7) is 3.80. The van der Waals surface area contributed by atoms with Crippen molar-refractivity contribution in [3.63, 3.8) is 0 Å². The lowest BCUT2D eigenvalue weighted by Crippen LogP contribution is -2.29. The number of aryl methyl sites for hydroxylation is 2. The normalized spacial score (nSPS) is 11.3. The number of aromatic nitrogens is 2. The Morgan fingerprint density at radius 3 is 2.68 bits per heavy atom. The van der Waals surface area contributed by atoms with Crippen LogP contribution < -0.4 is 10.7 Å². The number of nitrogens with one attached hydrogen (secondary N) is 1. The first-order valence-corrected chi connectivity index (χ1v) is 11.9. The van der Waals surface area contributed by atoms with E-state index < -0.39 is 5.91 Å². The molecule has 0 bridgehead atoms. The first-order valence-electron chi connectivity index (χ1n) is 11.1. The number of nitrogens with zero attached hydrogens (tertiary/aromatic N) is 3. The number of hydrogen-bond donors (Lipinski definition) is 1. The van der Waals surface area contributed by atoms with Crippen molar-refractivity contribution in [3.8, 4) is 0 Å². The first-order chi connectivity index (χ1) is 16.3. The highest BCUT2D eigenvalue weighted by atomic mass is 32.1. The Hall–Kier alpha value is -3.36. The number of fused-ring (bicyclic) bond motifs is 1. The van der Waals surface area contributed by atoms with Gasteiger partial charge in [0.25, 0.3) is 5.91 Å². The van der Waals surface area contributed by atoms with Gasteiger partial charge in [0.1, 0.15) is 11.4 Å². The standard InChI is InChI=1S/C26H27FN4O2S/c1-17-22(16-30(2)13-11-20-6-4-5-12-28-20)34-25-23(17)31(3)15-21(24(25)32)26(33)29-14-18-7-9-19(27)10-8-18/h4-10,12,15H,11,13-14,16H2,1-3H3,(H,29,33). The summed E-state index contributed by atoms with van der Waals surface area (Å²) in [5.41, 5.74) is 3.57. The van der Waals surface area contributed by atoms with Crippen LogP contribution in [0.15, 0.2) is 59.7 Å². The van der Waals surface area contributed by atoms with Crippen molar-refractivity contribution in [3.05, 3.63) is 98.2 Å². The zero-order chi connectivity index (χ0) is 24.2. The summed E-state index contributed by atoms with van der Waals surface area (Å²) >= 11 is 1.45. The van der Waals surface area contributed by atoms with Crippen molar-refractivity contribution in [1.29, 1.82) is 0 Å². The number of likely N-dealkylation sites (N-methyl/N-ethyl adjacent to an activating group) is 1. The molecule has 1 aromatic carbocycles. The zero-order valence-electron chi connectivity index (χ0n) is 19.5. The molecule has 0 fully saturated rings. The van der Waals surface area contributed by atoms with Crippen molar-refractivity contribution in [2.24, 2.45) is 7.05 Å². The Morgan fingerprint density at radius 1 is 1.21 bits per heavy atom. The summed E-state index contributed by atoms with van der Waals surface area (Å²) in [5.74, 6) is -0.771. The molecule has 0 radical (unpaired) electrons. The number of hydrogen-bond acceptors (Lipinski definition) is 5. The van der Waals surface area contributed by atoms with Gasteiger partial charge in [-0.05, 0) is 49.4 Å². The molecule has 4 rings (SSSR count). The van der Waals surface area contributed by atoms with E-state index in [1.807, 2.05) is 36.7 Å². The van der Waals surface area contributed by atoms with E-state index in [0.29, 0.717) is 11.2 Å². The van der Waals surface area contributed by atoms with Gasteiger partial charge in [0.2, 0.25) is 5.43 Å². The third-order valence-electron chi connectivity index (χ3n) is 5.84. The summed E-state index contributed by atoms with van der Waals surface area (Å²) < 4.78 is 15.5. The highest BCUT2D eigenvalue weighted by Gasteiger charge is 2.20. The maximum atomic E-state index is 13.2. The van der Waals surface area contributed by atoms with Crippen LogP contribution in [0, 0.1) is 12.7 Å². The number of amides is 1. The molecule has 176 valence electrons. The average Bonchev–Trinajstić information content (AvgIpc) is 3.16. The topological polar surface area (TPSA) is 67.2 Å². The predicted molar refractivity (Wildman–Crippen MR) is 134 cm³/mol. The van der Waals surface area contributed by atoms with Crippen molar-refractivity contribution in [1.82, 2.24) is 19.8 Å². The van der Waals surface area contributed by atoms with E-state index in [1.54, 1.807) is 24.5 Å². The molecule has 0 aliphatic heterocycles. The molecule has 0 atom stereocenters. The van der Waals surface area contributed by atoms with E-state index in [9.17, 15) is 14.0 Å². The molecule has 8 heteroatoms. The maximum Gasteiger partial charge on any atom is 0.257 e. The van der Waals surface area contributed by atoms with Crippen LogP contribution in [0.1, 0.15) is 32.1 Å². The van der Waals surface area contributed by atoms with E-state index in [0.717, 1.165) is 40.2 Å². The highest BCUT2D eigenvalue weighted by molar-refractivity contribution is 7.19. The number of carbonyl (C=O) groups is 1. The molecular weight excluding hydrogens is 451 g/mol. The Morgan fingerprint density at radius 2 is 1.97 bits per heavy atom. The minimum atomic E-state index is -0.438. The fourth-order valence-corrected chi connectivity index (χ4v) is 5.31. The molecule has 0 saturated carbocycles. The lowest BCUT2D eigenvalue weighted by molar-refractivity contribution is 0.0949. The van der Waals surface area contributed by atoms with Crippen LogP contribution in [-0.2, 0) is 26.6 Å². The van der Waals surface area contributed by atoms with Crippen LogP contribution in [0.4, 0.5) is 4.39 Å². The smallest absolute Gasteiger partial charge is 0.257 e. The molecule has 3 heterocycles. The van der Waals surface area contributed by atoms with Gasteiger partial charge in [-0.2, -0.15) is 0 Å². The van der Waals surface area contributed by atoms with Crippen LogP contribution in [-0.4, -0.2) is 34.0 Å². The van der Waals surface area contributed by atoms with Gasteiger partial charge in [0.15, 0.2) is 0 Å². The van der Waals surface area contributed by atoms with Gasteiger partial charge in [-0.3, -0.25) is 14.6 Å². The molecule has 6 nitrogen and oxygen atoms in total. The van der Waals surface area contributed by atoms with E-state index in [-0.39, 0.29) is 23.4 Å². The fraction of sp³-hybridized carbons (Fsp3) is 0.269. The second-order valence-corrected chi connectivity index (χ2v) is 9.53. The van der Waals surface area contributed by atoms with Gasteiger partial charge >= 0.3 is 0 Å². The summed E-state index contributed by atoms with van der Waals surface area (Å²) in [6.07, 6.45) is 4.24. The van der Waals surface area contributed by atoms with Crippen LogP contribution in [0.25, 0.3) is 10.2 Å². The zero-order valence-corrected chi connectivity index (χ0v) is 20.3. The van der Waals surface area contributed by atoms with E-state index in [4.69, 9.17) is 0 Å². The van der Waals surface area contributed by atoms with Crippen LogP contribution in [0.5, 0.6) is 0 Å². The molecule has 4 aromatic rings. The second-order valence-electron chi connectivity index (χ2n) is 8.43. The molecule has 0 saturated heterocycles. The summed E-state index contributed by atoms with van der Waals surface area (Å²) in [7, 11) is 3.91. The van der Waals surface area contributed by atoms with Gasteiger partial charge in [0.05, 0.1) is 10.2 Å². The van der Waals surface area contributed by atoms with E-state index in [2.05, 4.69) is 22.2 Å². The van der Waals surface area contributed by atoms with Gasteiger partial charge in [-0.15, -0.1) is 11.3 Å². The van der Waals surface area contributed by atoms with E-state index in [1.165, 1.54) is 23.5 Å². The molecule has 0 aliphatic carbocycles. The third-order valence-corrected chi connectivity index (χ3v) is 7.10. The van der Waals surface area contributed by atoms with Crippen molar-refractivity contribution >= 4 is 27.5 Å². The van der Waals surface area contributed by atoms with Crippen LogP contribution in [0.2, 0.25) is 0 Å². The Bertz CT molecular complexity index is 1360. The fourth-order valence-electron chi connectivity index (χ4n) is 3.94. The molecular formula is C26H27FN4O2S. The Kier molecular flexibility index (Phi) is 7.19. The number of benzene rings is 1. The number of pyridine rings is 2. The van der Waals surface area contributed by atoms with Crippen molar-refractivity contribution < 1.29 is 9.18 Å². The number of halogens is 1. The lowest BCUT2D eigenvalue weighted by atomic mass is 10.1. The van der Waals surface area contributed by atoms with E-state index >= 15 is 0 Å². The largest absolute Gasteiger partial charge is 0.349 e. The second kappa shape index (κ2) is 10.3. The third kappa shape index (κ3) is 5.24.